The van der Waals surface area contributed by atoms with Gasteiger partial charge in [-0.2, -0.15) is 0 Å². The maximum atomic E-state index is 6.83. The smallest absolute Gasteiger partial charge is 0.0616 e. The molecule has 1 heteroatoms. The van der Waals surface area contributed by atoms with Crippen molar-refractivity contribution in [2.24, 2.45) is 0 Å². The van der Waals surface area contributed by atoms with E-state index in [2.05, 4.69) is 38.5 Å². The zero-order valence-corrected chi connectivity index (χ0v) is 7.31. The lowest BCUT2D eigenvalue weighted by Crippen LogP contribution is -2.37. The Bertz CT molecular complexity index is 111. The summed E-state index contributed by atoms with van der Waals surface area (Å²) in [6, 6.07) is 1.02. The van der Waals surface area contributed by atoms with Crippen LogP contribution in [0, 0.1) is 12.3 Å². The maximum Gasteiger partial charge on any atom is 0.0616 e. The van der Waals surface area contributed by atoms with E-state index in [1.54, 1.807) is 0 Å². The molecule has 0 aromatic heterocycles. The van der Waals surface area contributed by atoms with Crippen molar-refractivity contribution >= 4 is 0 Å². The molecule has 0 N–H and O–H groups in total. The second-order valence-corrected chi connectivity index (χ2v) is 3.04. The average molecular weight is 138 g/mol. The summed E-state index contributed by atoms with van der Waals surface area (Å²) in [5.41, 5.74) is 0. The van der Waals surface area contributed by atoms with Gasteiger partial charge in [0.1, 0.15) is 0 Å². The second kappa shape index (κ2) is 4.35. The molecule has 0 aromatic rings. The van der Waals surface area contributed by atoms with E-state index in [9.17, 15) is 0 Å². The standard InChI is InChI=1S/C9H16N/c1-6-7-10(8(2)3)9(4)5/h8-9H,7H2,2-5H3. The fourth-order valence-electron chi connectivity index (χ4n) is 1.05. The lowest BCUT2D eigenvalue weighted by molar-refractivity contribution is 0.200. The minimum absolute atomic E-state index is 0.512. The third-order valence-corrected chi connectivity index (χ3v) is 1.59. The molecule has 0 aliphatic heterocycles. The summed E-state index contributed by atoms with van der Waals surface area (Å²) in [6.07, 6.45) is 6.83. The number of hydrogen-bond donors (Lipinski definition) is 0. The second-order valence-electron chi connectivity index (χ2n) is 3.04. The van der Waals surface area contributed by atoms with Crippen LogP contribution in [0.5, 0.6) is 0 Å². The molecule has 57 valence electrons. The van der Waals surface area contributed by atoms with Gasteiger partial charge in [-0.25, -0.2) is 0 Å². The van der Waals surface area contributed by atoms with Gasteiger partial charge in [0.05, 0.1) is 6.54 Å². The highest BCUT2D eigenvalue weighted by atomic mass is 15.2. The summed E-state index contributed by atoms with van der Waals surface area (Å²) >= 11 is 0. The van der Waals surface area contributed by atoms with Crippen LogP contribution in [0.1, 0.15) is 27.7 Å². The fraction of sp³-hybridized carbons (Fsp3) is 0.778. The molecule has 0 unspecified atom stereocenters. The Kier molecular flexibility index (Phi) is 4.14. The van der Waals surface area contributed by atoms with Crippen LogP contribution in [0.4, 0.5) is 0 Å². The van der Waals surface area contributed by atoms with Crippen LogP contribution in [0.25, 0.3) is 0 Å². The normalized spacial score (nSPS) is 11.0. The predicted octanol–water partition coefficient (Wildman–Crippen LogP) is 1.69. The molecule has 0 amide bonds. The third kappa shape index (κ3) is 2.89. The molecular formula is C9H16N. The highest BCUT2D eigenvalue weighted by Crippen LogP contribution is 2.02. The van der Waals surface area contributed by atoms with E-state index in [-0.39, 0.29) is 0 Å². The quantitative estimate of drug-likeness (QED) is 0.536. The van der Waals surface area contributed by atoms with Crippen molar-refractivity contribution in [3.8, 4) is 5.92 Å². The molecule has 0 aliphatic carbocycles. The highest BCUT2D eigenvalue weighted by Gasteiger charge is 2.10. The third-order valence-electron chi connectivity index (χ3n) is 1.59. The molecule has 0 rings (SSSR count). The Hall–Kier alpha value is -0.480. The number of rotatable bonds is 3. The monoisotopic (exact) mass is 138 g/mol. The van der Waals surface area contributed by atoms with Gasteiger partial charge in [-0.1, -0.05) is 5.92 Å². The highest BCUT2D eigenvalue weighted by molar-refractivity contribution is 4.84. The van der Waals surface area contributed by atoms with Crippen molar-refractivity contribution in [2.45, 2.75) is 39.8 Å². The van der Waals surface area contributed by atoms with Gasteiger partial charge in [-0.05, 0) is 34.1 Å². The molecule has 0 aromatic carbocycles. The molecule has 0 saturated carbocycles. The van der Waals surface area contributed by atoms with E-state index in [1.165, 1.54) is 0 Å². The van der Waals surface area contributed by atoms with Crippen molar-refractivity contribution < 1.29 is 0 Å². The van der Waals surface area contributed by atoms with Crippen molar-refractivity contribution in [1.29, 1.82) is 0 Å². The topological polar surface area (TPSA) is 3.24 Å². The summed E-state index contributed by atoms with van der Waals surface area (Å²) in [7, 11) is 0. The lowest BCUT2D eigenvalue weighted by atomic mass is 10.2. The molecular weight excluding hydrogens is 122 g/mol. The van der Waals surface area contributed by atoms with E-state index in [0.717, 1.165) is 0 Å². The molecule has 0 atom stereocenters. The first-order chi connectivity index (χ1) is 4.59. The Morgan fingerprint density at radius 2 is 1.60 bits per heavy atom. The van der Waals surface area contributed by atoms with Gasteiger partial charge in [-0.3, -0.25) is 4.90 Å². The first-order valence-corrected chi connectivity index (χ1v) is 3.75. The molecule has 1 radical (unpaired) electrons. The van der Waals surface area contributed by atoms with Crippen LogP contribution in [-0.4, -0.2) is 23.5 Å². The van der Waals surface area contributed by atoms with Gasteiger partial charge in [0.2, 0.25) is 0 Å². The summed E-state index contributed by atoms with van der Waals surface area (Å²) in [5, 5.41) is 0. The van der Waals surface area contributed by atoms with E-state index < -0.39 is 0 Å². The van der Waals surface area contributed by atoms with Crippen molar-refractivity contribution in [1.82, 2.24) is 4.90 Å². The summed E-state index contributed by atoms with van der Waals surface area (Å²) in [6.45, 7) is 9.19. The number of nitrogens with zero attached hydrogens (tertiary/aromatic N) is 1. The van der Waals surface area contributed by atoms with E-state index in [0.29, 0.717) is 18.6 Å². The Morgan fingerprint density at radius 3 is 1.70 bits per heavy atom. The maximum absolute atomic E-state index is 6.83. The molecule has 0 aliphatic rings. The zero-order chi connectivity index (χ0) is 8.15. The van der Waals surface area contributed by atoms with Crippen LogP contribution in [0.3, 0.4) is 0 Å². The van der Waals surface area contributed by atoms with E-state index in [1.807, 2.05) is 0 Å². The predicted molar refractivity (Wildman–Crippen MR) is 44.1 cm³/mol. The van der Waals surface area contributed by atoms with Crippen LogP contribution in [-0.2, 0) is 0 Å². The number of hydrogen-bond acceptors (Lipinski definition) is 1. The van der Waals surface area contributed by atoms with Gasteiger partial charge in [0.15, 0.2) is 0 Å². The van der Waals surface area contributed by atoms with Crippen molar-refractivity contribution in [3.63, 3.8) is 0 Å². The Morgan fingerprint density at radius 1 is 1.20 bits per heavy atom. The first-order valence-electron chi connectivity index (χ1n) is 3.75. The molecule has 0 bridgehead atoms. The zero-order valence-electron chi connectivity index (χ0n) is 7.31. The molecule has 1 nitrogen and oxygen atoms in total. The molecule has 10 heavy (non-hydrogen) atoms. The minimum atomic E-state index is 0.512. The van der Waals surface area contributed by atoms with Crippen molar-refractivity contribution in [3.05, 3.63) is 6.42 Å². The van der Waals surface area contributed by atoms with Crippen LogP contribution in [0.2, 0.25) is 0 Å². The summed E-state index contributed by atoms with van der Waals surface area (Å²) in [5.74, 6) is 2.41. The van der Waals surface area contributed by atoms with Gasteiger partial charge >= 0.3 is 0 Å². The first kappa shape index (κ1) is 9.52. The largest absolute Gasteiger partial charge is 0.287 e. The lowest BCUT2D eigenvalue weighted by Gasteiger charge is -2.27. The SMILES string of the molecule is [C]#CCN(C(C)C)C(C)C. The van der Waals surface area contributed by atoms with Gasteiger partial charge in [0, 0.05) is 12.1 Å². The van der Waals surface area contributed by atoms with Crippen LogP contribution < -0.4 is 0 Å². The minimum Gasteiger partial charge on any atom is -0.287 e. The molecule has 0 spiro atoms. The van der Waals surface area contributed by atoms with Crippen molar-refractivity contribution in [2.75, 3.05) is 6.54 Å². The summed E-state index contributed by atoms with van der Waals surface area (Å²) in [4.78, 5) is 2.22. The molecule has 0 fully saturated rings. The molecule has 0 heterocycles. The van der Waals surface area contributed by atoms with Gasteiger partial charge in [-0.15, -0.1) is 0 Å². The van der Waals surface area contributed by atoms with E-state index >= 15 is 0 Å². The molecule has 0 saturated heterocycles. The Labute approximate surface area is 64.4 Å². The van der Waals surface area contributed by atoms with Gasteiger partial charge in [0.25, 0.3) is 0 Å². The van der Waals surface area contributed by atoms with Crippen LogP contribution in [0.15, 0.2) is 0 Å². The fourth-order valence-corrected chi connectivity index (χ4v) is 1.05. The summed E-state index contributed by atoms with van der Waals surface area (Å²) < 4.78 is 0. The van der Waals surface area contributed by atoms with Crippen LogP contribution >= 0.6 is 0 Å². The van der Waals surface area contributed by atoms with Gasteiger partial charge < -0.3 is 0 Å². The van der Waals surface area contributed by atoms with E-state index in [4.69, 9.17) is 6.42 Å². The Balaban J connectivity index is 3.88. The average Bonchev–Trinajstić information content (AvgIpc) is 1.81.